The van der Waals surface area contributed by atoms with Crippen molar-refractivity contribution in [3.63, 3.8) is 0 Å². The summed E-state index contributed by atoms with van der Waals surface area (Å²) in [5.74, 6) is -1.60. The Bertz CT molecular complexity index is 732. The molecule has 2 N–H and O–H groups in total. The van der Waals surface area contributed by atoms with Gasteiger partial charge in [0.2, 0.25) is 0 Å². The number of aryl methyl sites for hydroxylation is 1. The summed E-state index contributed by atoms with van der Waals surface area (Å²) in [6.45, 7) is 1.77. The SMILES string of the molecule is Cc1cccc(C(=O)Nc2c(Br)cc(Br)cc2C(=O)O)n1. The van der Waals surface area contributed by atoms with Gasteiger partial charge in [-0.25, -0.2) is 9.78 Å². The van der Waals surface area contributed by atoms with E-state index in [9.17, 15) is 14.7 Å². The number of amides is 1. The number of nitrogens with one attached hydrogen (secondary N) is 1. The number of hydrogen-bond donors (Lipinski definition) is 2. The van der Waals surface area contributed by atoms with E-state index in [0.717, 1.165) is 0 Å². The number of benzene rings is 1. The molecule has 0 unspecified atom stereocenters. The van der Waals surface area contributed by atoms with Crippen molar-refractivity contribution in [1.29, 1.82) is 0 Å². The maximum Gasteiger partial charge on any atom is 0.337 e. The molecule has 2 aromatic rings. The van der Waals surface area contributed by atoms with Crippen molar-refractivity contribution in [2.45, 2.75) is 6.92 Å². The molecule has 0 atom stereocenters. The number of halogens is 2. The van der Waals surface area contributed by atoms with E-state index in [1.165, 1.54) is 6.07 Å². The molecular weight excluding hydrogens is 404 g/mol. The molecule has 0 aliphatic carbocycles. The molecule has 0 radical (unpaired) electrons. The first-order valence-corrected chi connectivity index (χ1v) is 7.44. The molecule has 108 valence electrons. The number of aromatic nitrogens is 1. The van der Waals surface area contributed by atoms with Crippen LogP contribution in [0.25, 0.3) is 0 Å². The van der Waals surface area contributed by atoms with Crippen LogP contribution in [0.4, 0.5) is 5.69 Å². The highest BCUT2D eigenvalue weighted by Gasteiger charge is 2.18. The lowest BCUT2D eigenvalue weighted by Gasteiger charge is -2.11. The van der Waals surface area contributed by atoms with Crippen molar-refractivity contribution in [3.05, 3.63) is 56.2 Å². The number of carbonyl (C=O) groups excluding carboxylic acids is 1. The van der Waals surface area contributed by atoms with Crippen molar-refractivity contribution in [2.24, 2.45) is 0 Å². The summed E-state index contributed by atoms with van der Waals surface area (Å²) in [5.41, 5.74) is 1.10. The van der Waals surface area contributed by atoms with E-state index in [1.807, 2.05) is 0 Å². The number of hydrogen-bond acceptors (Lipinski definition) is 3. The van der Waals surface area contributed by atoms with Crippen molar-refractivity contribution < 1.29 is 14.7 Å². The first kappa shape index (κ1) is 15.7. The molecule has 0 spiro atoms. The van der Waals surface area contributed by atoms with Gasteiger partial charge in [-0.1, -0.05) is 22.0 Å². The molecule has 1 heterocycles. The van der Waals surface area contributed by atoms with Crippen LogP contribution in [0.3, 0.4) is 0 Å². The standard InChI is InChI=1S/C14H10Br2N2O3/c1-7-3-2-4-11(17-7)13(19)18-12-9(14(20)21)5-8(15)6-10(12)16/h2-6H,1H3,(H,18,19)(H,20,21). The number of anilines is 1. The number of carboxylic acid groups (broad SMARTS) is 1. The Morgan fingerprint density at radius 2 is 1.95 bits per heavy atom. The van der Waals surface area contributed by atoms with Gasteiger partial charge in [0.25, 0.3) is 5.91 Å². The van der Waals surface area contributed by atoms with Crippen molar-refractivity contribution in [1.82, 2.24) is 4.98 Å². The summed E-state index contributed by atoms with van der Waals surface area (Å²) >= 11 is 6.47. The number of rotatable bonds is 3. The van der Waals surface area contributed by atoms with Crippen molar-refractivity contribution in [2.75, 3.05) is 5.32 Å². The van der Waals surface area contributed by atoms with Crippen molar-refractivity contribution >= 4 is 49.4 Å². The third-order valence-electron chi connectivity index (χ3n) is 2.64. The molecule has 2 rings (SSSR count). The summed E-state index contributed by atoms with van der Waals surface area (Å²) in [7, 11) is 0. The Morgan fingerprint density at radius 3 is 2.57 bits per heavy atom. The molecule has 1 aromatic carbocycles. The Morgan fingerprint density at radius 1 is 1.24 bits per heavy atom. The Labute approximate surface area is 137 Å². The summed E-state index contributed by atoms with van der Waals surface area (Å²) in [6, 6.07) is 8.13. The van der Waals surface area contributed by atoms with Gasteiger partial charge in [-0.15, -0.1) is 0 Å². The fraction of sp³-hybridized carbons (Fsp3) is 0.0714. The van der Waals surface area contributed by atoms with Gasteiger partial charge in [-0.05, 0) is 47.1 Å². The van der Waals surface area contributed by atoms with E-state index in [2.05, 4.69) is 42.2 Å². The lowest BCUT2D eigenvalue weighted by molar-refractivity contribution is 0.0698. The molecule has 1 aromatic heterocycles. The molecule has 0 fully saturated rings. The second kappa shape index (κ2) is 6.36. The molecule has 1 amide bonds. The van der Waals surface area contributed by atoms with Crippen LogP contribution in [0.1, 0.15) is 26.5 Å². The molecule has 0 aliphatic heterocycles. The predicted molar refractivity (Wildman–Crippen MR) is 85.7 cm³/mol. The highest BCUT2D eigenvalue weighted by Crippen LogP contribution is 2.31. The second-order valence-corrected chi connectivity index (χ2v) is 6.00. The van der Waals surface area contributed by atoms with Crippen LogP contribution < -0.4 is 5.32 Å². The van der Waals surface area contributed by atoms with Gasteiger partial charge >= 0.3 is 5.97 Å². The van der Waals surface area contributed by atoms with Gasteiger partial charge in [-0.2, -0.15) is 0 Å². The smallest absolute Gasteiger partial charge is 0.337 e. The Balaban J connectivity index is 2.39. The van der Waals surface area contributed by atoms with E-state index in [0.29, 0.717) is 14.6 Å². The largest absolute Gasteiger partial charge is 0.478 e. The monoisotopic (exact) mass is 412 g/mol. The fourth-order valence-corrected chi connectivity index (χ4v) is 3.04. The molecule has 0 saturated heterocycles. The van der Waals surface area contributed by atoms with Crippen LogP contribution in [0, 0.1) is 6.92 Å². The van der Waals surface area contributed by atoms with Crippen LogP contribution in [-0.4, -0.2) is 22.0 Å². The van der Waals surface area contributed by atoms with E-state index in [1.54, 1.807) is 31.2 Å². The minimum Gasteiger partial charge on any atom is -0.478 e. The zero-order valence-electron chi connectivity index (χ0n) is 10.9. The number of aromatic carboxylic acids is 1. The minimum absolute atomic E-state index is 0.0164. The summed E-state index contributed by atoms with van der Waals surface area (Å²) in [6.07, 6.45) is 0. The number of pyridine rings is 1. The van der Waals surface area contributed by atoms with Crippen LogP contribution in [0.5, 0.6) is 0 Å². The quantitative estimate of drug-likeness (QED) is 0.800. The average molecular weight is 414 g/mol. The van der Waals surface area contributed by atoms with E-state index in [4.69, 9.17) is 0 Å². The predicted octanol–water partition coefficient (Wildman–Crippen LogP) is 3.87. The zero-order chi connectivity index (χ0) is 15.6. The molecule has 0 bridgehead atoms. The maximum atomic E-state index is 12.2. The topological polar surface area (TPSA) is 79.3 Å². The first-order chi connectivity index (χ1) is 9.88. The number of carbonyl (C=O) groups is 2. The second-order valence-electron chi connectivity index (χ2n) is 4.23. The van der Waals surface area contributed by atoms with Crippen LogP contribution in [0.2, 0.25) is 0 Å². The molecule has 0 saturated carbocycles. The van der Waals surface area contributed by atoms with E-state index < -0.39 is 11.9 Å². The highest BCUT2D eigenvalue weighted by atomic mass is 79.9. The van der Waals surface area contributed by atoms with E-state index >= 15 is 0 Å². The van der Waals surface area contributed by atoms with Crippen LogP contribution >= 0.6 is 31.9 Å². The Kier molecular flexibility index (Phi) is 4.74. The third kappa shape index (κ3) is 3.68. The van der Waals surface area contributed by atoms with Crippen LogP contribution in [0.15, 0.2) is 39.3 Å². The molecule has 5 nitrogen and oxygen atoms in total. The summed E-state index contributed by atoms with van der Waals surface area (Å²) in [5, 5.41) is 11.8. The number of carboxylic acids is 1. The summed E-state index contributed by atoms with van der Waals surface area (Å²) < 4.78 is 1.06. The zero-order valence-corrected chi connectivity index (χ0v) is 14.0. The van der Waals surface area contributed by atoms with Crippen LogP contribution in [-0.2, 0) is 0 Å². The lowest BCUT2D eigenvalue weighted by Crippen LogP contribution is -2.17. The van der Waals surface area contributed by atoms with E-state index in [-0.39, 0.29) is 16.9 Å². The van der Waals surface area contributed by atoms with Gasteiger partial charge < -0.3 is 10.4 Å². The third-order valence-corrected chi connectivity index (χ3v) is 3.73. The maximum absolute atomic E-state index is 12.2. The highest BCUT2D eigenvalue weighted by molar-refractivity contribution is 9.11. The minimum atomic E-state index is -1.13. The van der Waals surface area contributed by atoms with Gasteiger partial charge in [0.05, 0.1) is 11.3 Å². The first-order valence-electron chi connectivity index (χ1n) is 5.86. The average Bonchev–Trinajstić information content (AvgIpc) is 2.41. The van der Waals surface area contributed by atoms with Gasteiger partial charge in [0, 0.05) is 14.6 Å². The normalized spacial score (nSPS) is 10.2. The van der Waals surface area contributed by atoms with Gasteiger partial charge in [-0.3, -0.25) is 4.79 Å². The fourth-order valence-electron chi connectivity index (χ4n) is 1.72. The molecule has 21 heavy (non-hydrogen) atoms. The molecule has 0 aliphatic rings. The molecular formula is C14H10Br2N2O3. The molecule has 7 heteroatoms. The summed E-state index contributed by atoms with van der Waals surface area (Å²) in [4.78, 5) is 27.6. The van der Waals surface area contributed by atoms with Gasteiger partial charge in [0.15, 0.2) is 0 Å². The Hall–Kier alpha value is -1.73. The lowest BCUT2D eigenvalue weighted by atomic mass is 10.1. The van der Waals surface area contributed by atoms with Crippen molar-refractivity contribution in [3.8, 4) is 0 Å². The van der Waals surface area contributed by atoms with Gasteiger partial charge in [0.1, 0.15) is 5.69 Å². The number of nitrogens with zero attached hydrogens (tertiary/aromatic N) is 1.